The van der Waals surface area contributed by atoms with E-state index in [0.717, 1.165) is 5.76 Å². The molecule has 0 spiro atoms. The number of carbonyl (C=O) groups is 1. The standard InChI is InChI=1S/C19H25FN4O2/c1-22(2)17(18-8-5-13-26-18)14-21-19(25)24-11-9-23(10-12-24)16-7-4-3-6-15(16)20/h3-8,13,17H,9-12,14H2,1-2H3,(H,21,25). The van der Waals surface area contributed by atoms with E-state index in [9.17, 15) is 9.18 Å². The fourth-order valence-electron chi connectivity index (χ4n) is 3.17. The van der Waals surface area contributed by atoms with E-state index in [4.69, 9.17) is 4.42 Å². The molecule has 0 bridgehead atoms. The molecule has 1 aliphatic rings. The summed E-state index contributed by atoms with van der Waals surface area (Å²) in [7, 11) is 3.90. The minimum Gasteiger partial charge on any atom is -0.468 e. The van der Waals surface area contributed by atoms with Crippen molar-refractivity contribution in [2.24, 2.45) is 0 Å². The van der Waals surface area contributed by atoms with Gasteiger partial charge in [-0.05, 0) is 38.4 Å². The third kappa shape index (κ3) is 4.16. The van der Waals surface area contributed by atoms with Gasteiger partial charge in [0, 0.05) is 32.7 Å². The third-order valence-corrected chi connectivity index (χ3v) is 4.70. The molecule has 2 amide bonds. The predicted molar refractivity (Wildman–Crippen MR) is 98.7 cm³/mol. The van der Waals surface area contributed by atoms with Crippen molar-refractivity contribution in [1.82, 2.24) is 15.1 Å². The van der Waals surface area contributed by atoms with Gasteiger partial charge in [0.25, 0.3) is 0 Å². The lowest BCUT2D eigenvalue weighted by Crippen LogP contribution is -2.52. The van der Waals surface area contributed by atoms with Gasteiger partial charge >= 0.3 is 6.03 Å². The van der Waals surface area contributed by atoms with E-state index in [1.165, 1.54) is 6.07 Å². The van der Waals surface area contributed by atoms with E-state index in [2.05, 4.69) is 5.32 Å². The number of hydrogen-bond donors (Lipinski definition) is 1. The summed E-state index contributed by atoms with van der Waals surface area (Å²) in [4.78, 5) is 18.2. The van der Waals surface area contributed by atoms with E-state index in [0.29, 0.717) is 38.4 Å². The minimum absolute atomic E-state index is 0.0198. The lowest BCUT2D eigenvalue weighted by atomic mass is 10.2. The molecular weight excluding hydrogens is 335 g/mol. The van der Waals surface area contributed by atoms with Crippen LogP contribution in [-0.4, -0.2) is 62.7 Å². The number of urea groups is 1. The first-order valence-corrected chi connectivity index (χ1v) is 8.78. The molecule has 0 saturated carbocycles. The van der Waals surface area contributed by atoms with Crippen LogP contribution in [0.5, 0.6) is 0 Å². The van der Waals surface area contributed by atoms with Crippen molar-refractivity contribution in [2.45, 2.75) is 6.04 Å². The van der Waals surface area contributed by atoms with E-state index >= 15 is 0 Å². The highest BCUT2D eigenvalue weighted by Crippen LogP contribution is 2.20. The van der Waals surface area contributed by atoms with Crippen molar-refractivity contribution in [1.29, 1.82) is 0 Å². The minimum atomic E-state index is -0.224. The molecule has 3 rings (SSSR count). The number of rotatable bonds is 5. The Hall–Kier alpha value is -2.54. The van der Waals surface area contributed by atoms with Gasteiger partial charge < -0.3 is 19.5 Å². The number of benzene rings is 1. The molecule has 0 aliphatic carbocycles. The smallest absolute Gasteiger partial charge is 0.317 e. The Balaban J connectivity index is 1.51. The molecule has 1 aromatic carbocycles. The number of furan rings is 1. The quantitative estimate of drug-likeness (QED) is 0.890. The molecule has 140 valence electrons. The monoisotopic (exact) mass is 360 g/mol. The van der Waals surface area contributed by atoms with E-state index in [1.54, 1.807) is 23.3 Å². The maximum absolute atomic E-state index is 13.9. The molecule has 1 fully saturated rings. The largest absolute Gasteiger partial charge is 0.468 e. The average molecular weight is 360 g/mol. The number of likely N-dealkylation sites (N-methyl/N-ethyl adjacent to an activating group) is 1. The fraction of sp³-hybridized carbons (Fsp3) is 0.421. The predicted octanol–water partition coefficient (Wildman–Crippen LogP) is 2.55. The van der Waals surface area contributed by atoms with Crippen LogP contribution in [0.3, 0.4) is 0 Å². The van der Waals surface area contributed by atoms with Gasteiger partial charge in [0.1, 0.15) is 11.6 Å². The van der Waals surface area contributed by atoms with Crippen molar-refractivity contribution < 1.29 is 13.6 Å². The topological polar surface area (TPSA) is 52.0 Å². The van der Waals surface area contributed by atoms with E-state index < -0.39 is 0 Å². The number of halogens is 1. The molecule has 26 heavy (non-hydrogen) atoms. The second-order valence-electron chi connectivity index (χ2n) is 6.61. The molecule has 1 aromatic heterocycles. The third-order valence-electron chi connectivity index (χ3n) is 4.70. The van der Waals surface area contributed by atoms with Crippen LogP contribution in [-0.2, 0) is 0 Å². The van der Waals surface area contributed by atoms with Crippen LogP contribution in [0.4, 0.5) is 14.9 Å². The molecule has 6 nitrogen and oxygen atoms in total. The lowest BCUT2D eigenvalue weighted by molar-refractivity contribution is 0.186. The lowest BCUT2D eigenvalue weighted by Gasteiger charge is -2.36. The summed E-state index contributed by atoms with van der Waals surface area (Å²) in [5.41, 5.74) is 0.595. The first kappa shape index (κ1) is 18.3. The number of amides is 2. The molecule has 1 unspecified atom stereocenters. The highest BCUT2D eigenvalue weighted by atomic mass is 19.1. The van der Waals surface area contributed by atoms with Crippen LogP contribution < -0.4 is 10.2 Å². The van der Waals surface area contributed by atoms with Crippen LogP contribution in [0, 0.1) is 5.82 Å². The number of nitrogens with zero attached hydrogens (tertiary/aromatic N) is 3. The van der Waals surface area contributed by atoms with Crippen molar-refractivity contribution in [3.05, 3.63) is 54.2 Å². The highest BCUT2D eigenvalue weighted by molar-refractivity contribution is 5.74. The number of nitrogens with one attached hydrogen (secondary N) is 1. The Morgan fingerprint density at radius 3 is 2.54 bits per heavy atom. The Morgan fingerprint density at radius 1 is 1.19 bits per heavy atom. The van der Waals surface area contributed by atoms with E-state index in [-0.39, 0.29) is 17.9 Å². The summed E-state index contributed by atoms with van der Waals surface area (Å²) in [5.74, 6) is 0.595. The summed E-state index contributed by atoms with van der Waals surface area (Å²) < 4.78 is 19.4. The molecule has 1 aliphatic heterocycles. The normalized spacial score (nSPS) is 16.0. The molecule has 7 heteroatoms. The van der Waals surface area contributed by atoms with Gasteiger partial charge in [0.15, 0.2) is 0 Å². The van der Waals surface area contributed by atoms with Gasteiger partial charge in [-0.25, -0.2) is 9.18 Å². The zero-order valence-electron chi connectivity index (χ0n) is 15.2. The van der Waals surface area contributed by atoms with Crippen molar-refractivity contribution in [2.75, 3.05) is 51.7 Å². The van der Waals surface area contributed by atoms with Crippen LogP contribution in [0.2, 0.25) is 0 Å². The summed E-state index contributed by atoms with van der Waals surface area (Å²) in [6, 6.07) is 10.4. The van der Waals surface area contributed by atoms with Gasteiger partial charge in [-0.2, -0.15) is 0 Å². The van der Waals surface area contributed by atoms with Gasteiger partial charge in [0.2, 0.25) is 0 Å². The molecule has 1 atom stereocenters. The summed E-state index contributed by atoms with van der Waals surface area (Å²) in [5, 5.41) is 2.98. The molecular formula is C19H25FN4O2. The van der Waals surface area contributed by atoms with Crippen LogP contribution in [0.25, 0.3) is 0 Å². The van der Waals surface area contributed by atoms with Crippen molar-refractivity contribution >= 4 is 11.7 Å². The Kier molecular flexibility index (Phi) is 5.78. The Morgan fingerprint density at radius 2 is 1.92 bits per heavy atom. The zero-order chi connectivity index (χ0) is 18.5. The Bertz CT molecular complexity index is 712. The fourth-order valence-corrected chi connectivity index (χ4v) is 3.17. The first-order valence-electron chi connectivity index (χ1n) is 8.78. The number of carbonyl (C=O) groups excluding carboxylic acids is 1. The van der Waals surface area contributed by atoms with E-state index in [1.807, 2.05) is 42.1 Å². The average Bonchev–Trinajstić information content (AvgIpc) is 3.16. The number of piperazine rings is 1. The van der Waals surface area contributed by atoms with Crippen molar-refractivity contribution in [3.63, 3.8) is 0 Å². The van der Waals surface area contributed by atoms with Gasteiger partial charge in [0.05, 0.1) is 18.0 Å². The molecule has 2 heterocycles. The summed E-state index contributed by atoms with van der Waals surface area (Å²) in [6.45, 7) is 2.82. The second kappa shape index (κ2) is 8.23. The molecule has 0 radical (unpaired) electrons. The summed E-state index contributed by atoms with van der Waals surface area (Å²) >= 11 is 0. The van der Waals surface area contributed by atoms with Crippen LogP contribution >= 0.6 is 0 Å². The summed E-state index contributed by atoms with van der Waals surface area (Å²) in [6.07, 6.45) is 1.63. The van der Waals surface area contributed by atoms with Crippen LogP contribution in [0.1, 0.15) is 11.8 Å². The second-order valence-corrected chi connectivity index (χ2v) is 6.61. The van der Waals surface area contributed by atoms with Gasteiger partial charge in [-0.1, -0.05) is 12.1 Å². The number of para-hydroxylation sites is 1. The van der Waals surface area contributed by atoms with Gasteiger partial charge in [-0.3, -0.25) is 4.90 Å². The molecule has 1 N–H and O–H groups in total. The molecule has 2 aromatic rings. The zero-order valence-corrected chi connectivity index (χ0v) is 15.2. The maximum atomic E-state index is 13.9. The number of anilines is 1. The maximum Gasteiger partial charge on any atom is 0.317 e. The van der Waals surface area contributed by atoms with Crippen LogP contribution in [0.15, 0.2) is 47.1 Å². The van der Waals surface area contributed by atoms with Gasteiger partial charge in [-0.15, -0.1) is 0 Å². The Labute approximate surface area is 153 Å². The SMILES string of the molecule is CN(C)C(CNC(=O)N1CCN(c2ccccc2F)CC1)c1ccco1. The molecule has 1 saturated heterocycles. The first-order chi connectivity index (χ1) is 12.6. The number of hydrogen-bond acceptors (Lipinski definition) is 4. The van der Waals surface area contributed by atoms with Crippen molar-refractivity contribution in [3.8, 4) is 0 Å². The highest BCUT2D eigenvalue weighted by Gasteiger charge is 2.24.